The maximum Gasteiger partial charge on any atom is 0.115 e. The maximum absolute atomic E-state index is 9.34. The average Bonchev–Trinajstić information content (AvgIpc) is 2.38. The van der Waals surface area contributed by atoms with E-state index in [1.807, 2.05) is 12.1 Å². The molecule has 1 atom stereocenters. The lowest BCUT2D eigenvalue weighted by Crippen LogP contribution is -2.36. The molecular weight excluding hydrogens is 240 g/mol. The number of nitrogens with two attached hydrogens (primary N) is 1. The van der Waals surface area contributed by atoms with Crippen molar-refractivity contribution in [1.82, 2.24) is 15.5 Å². The summed E-state index contributed by atoms with van der Waals surface area (Å²) in [6, 6.07) is 7.64. The summed E-state index contributed by atoms with van der Waals surface area (Å²) >= 11 is 0. The van der Waals surface area contributed by atoms with Crippen LogP contribution in [0.1, 0.15) is 11.6 Å². The second-order valence-electron chi connectivity index (χ2n) is 4.90. The maximum atomic E-state index is 9.34. The van der Waals surface area contributed by atoms with Gasteiger partial charge in [0.2, 0.25) is 0 Å². The summed E-state index contributed by atoms with van der Waals surface area (Å²) < 4.78 is 0. The molecule has 0 saturated carbocycles. The van der Waals surface area contributed by atoms with Gasteiger partial charge in [-0.15, -0.1) is 0 Å². The van der Waals surface area contributed by atoms with Crippen molar-refractivity contribution in [3.8, 4) is 5.75 Å². The molecule has 19 heavy (non-hydrogen) atoms. The van der Waals surface area contributed by atoms with Crippen molar-refractivity contribution < 1.29 is 5.11 Å². The average molecular weight is 266 g/mol. The number of nitrogens with one attached hydrogen (secondary N) is 2. The van der Waals surface area contributed by atoms with E-state index in [2.05, 4.69) is 29.6 Å². The van der Waals surface area contributed by atoms with Crippen LogP contribution in [0.3, 0.4) is 0 Å². The first-order valence-corrected chi connectivity index (χ1v) is 6.71. The summed E-state index contributed by atoms with van der Waals surface area (Å²) in [5.41, 5.74) is 6.61. The number of hydrogen-bond acceptors (Lipinski definition) is 5. The van der Waals surface area contributed by atoms with E-state index < -0.39 is 0 Å². The zero-order valence-corrected chi connectivity index (χ0v) is 11.9. The molecule has 5 heteroatoms. The van der Waals surface area contributed by atoms with Crippen LogP contribution >= 0.6 is 0 Å². The van der Waals surface area contributed by atoms with Gasteiger partial charge in [0.1, 0.15) is 5.75 Å². The van der Waals surface area contributed by atoms with Gasteiger partial charge in [-0.2, -0.15) is 0 Å². The van der Waals surface area contributed by atoms with Crippen LogP contribution in [0, 0.1) is 0 Å². The first-order valence-electron chi connectivity index (χ1n) is 6.71. The molecule has 1 aromatic rings. The molecule has 0 aliphatic rings. The minimum Gasteiger partial charge on any atom is -0.508 e. The number of benzene rings is 1. The van der Waals surface area contributed by atoms with E-state index in [4.69, 9.17) is 5.73 Å². The summed E-state index contributed by atoms with van der Waals surface area (Å²) in [7, 11) is 4.11. The summed E-state index contributed by atoms with van der Waals surface area (Å²) in [5, 5.41) is 16.1. The number of rotatable bonds is 9. The molecule has 0 aliphatic heterocycles. The molecule has 0 spiro atoms. The van der Waals surface area contributed by atoms with Gasteiger partial charge in [-0.25, -0.2) is 0 Å². The Kier molecular flexibility index (Phi) is 7.43. The molecule has 0 heterocycles. The van der Waals surface area contributed by atoms with Gasteiger partial charge in [-0.05, 0) is 31.8 Å². The molecule has 1 rings (SSSR count). The number of likely N-dealkylation sites (N-methyl/N-ethyl adjacent to an activating group) is 1. The third-order valence-electron chi connectivity index (χ3n) is 2.86. The molecular formula is C14H26N4O. The number of hydrogen-bond donors (Lipinski definition) is 4. The summed E-state index contributed by atoms with van der Waals surface area (Å²) in [6.45, 7) is 4.22. The van der Waals surface area contributed by atoms with E-state index in [1.165, 1.54) is 5.56 Å². The molecule has 0 aromatic heterocycles. The van der Waals surface area contributed by atoms with Crippen LogP contribution in [-0.2, 0) is 0 Å². The van der Waals surface area contributed by atoms with Crippen LogP contribution in [0.25, 0.3) is 0 Å². The third-order valence-corrected chi connectivity index (χ3v) is 2.86. The van der Waals surface area contributed by atoms with Crippen molar-refractivity contribution in [1.29, 1.82) is 0 Å². The molecule has 0 fully saturated rings. The second kappa shape index (κ2) is 8.87. The van der Waals surface area contributed by atoms with E-state index in [0.29, 0.717) is 12.3 Å². The number of nitrogens with zero attached hydrogens (tertiary/aromatic N) is 1. The van der Waals surface area contributed by atoms with Gasteiger partial charge in [0, 0.05) is 38.8 Å². The fraction of sp³-hybridized carbons (Fsp3) is 0.571. The summed E-state index contributed by atoms with van der Waals surface area (Å²) in [6.07, 6.45) is 0. The molecule has 108 valence electrons. The Bertz CT molecular complexity index is 340. The highest BCUT2D eigenvalue weighted by atomic mass is 16.3. The van der Waals surface area contributed by atoms with Crippen LogP contribution < -0.4 is 16.4 Å². The third kappa shape index (κ3) is 6.54. The Hall–Kier alpha value is -1.14. The van der Waals surface area contributed by atoms with Gasteiger partial charge in [0.25, 0.3) is 0 Å². The predicted molar refractivity (Wildman–Crippen MR) is 79.3 cm³/mol. The fourth-order valence-corrected chi connectivity index (χ4v) is 1.92. The van der Waals surface area contributed by atoms with Gasteiger partial charge in [0.05, 0.1) is 0 Å². The molecule has 0 saturated heterocycles. The van der Waals surface area contributed by atoms with Crippen molar-refractivity contribution in [2.45, 2.75) is 6.04 Å². The monoisotopic (exact) mass is 266 g/mol. The minimum atomic E-state index is 0.260. The van der Waals surface area contributed by atoms with E-state index in [0.717, 1.165) is 26.2 Å². The molecule has 0 radical (unpaired) electrons. The Morgan fingerprint density at radius 3 is 2.42 bits per heavy atom. The molecule has 5 nitrogen and oxygen atoms in total. The lowest BCUT2D eigenvalue weighted by atomic mass is 10.1. The standard InChI is InChI=1S/C14H26N4O/c1-18(2)11-14(17-10-9-16-8-7-15)12-3-5-13(19)6-4-12/h3-6,14,16-17,19H,7-11,15H2,1-2H3. The first kappa shape index (κ1) is 15.9. The first-order chi connectivity index (χ1) is 9.13. The normalized spacial score (nSPS) is 12.8. The highest BCUT2D eigenvalue weighted by Gasteiger charge is 2.11. The molecule has 0 bridgehead atoms. The SMILES string of the molecule is CN(C)CC(NCCNCCN)c1ccc(O)cc1. The highest BCUT2D eigenvalue weighted by molar-refractivity contribution is 5.28. The number of phenolic OH excluding ortho intramolecular Hbond substituents is 1. The minimum absolute atomic E-state index is 0.260. The van der Waals surface area contributed by atoms with Crippen LogP contribution in [0.4, 0.5) is 0 Å². The summed E-state index contributed by atoms with van der Waals surface area (Å²) in [5.74, 6) is 0.303. The Morgan fingerprint density at radius 1 is 1.16 bits per heavy atom. The zero-order chi connectivity index (χ0) is 14.1. The quantitative estimate of drug-likeness (QED) is 0.478. The van der Waals surface area contributed by atoms with E-state index in [-0.39, 0.29) is 6.04 Å². The van der Waals surface area contributed by atoms with Crippen molar-refractivity contribution in [3.63, 3.8) is 0 Å². The van der Waals surface area contributed by atoms with Crippen molar-refractivity contribution in [2.24, 2.45) is 5.73 Å². The lowest BCUT2D eigenvalue weighted by molar-refractivity contribution is 0.341. The Labute approximate surface area is 115 Å². The predicted octanol–water partition coefficient (Wildman–Crippen LogP) is 0.133. The van der Waals surface area contributed by atoms with Gasteiger partial charge >= 0.3 is 0 Å². The van der Waals surface area contributed by atoms with Gasteiger partial charge in [0.15, 0.2) is 0 Å². The molecule has 0 amide bonds. The van der Waals surface area contributed by atoms with Crippen LogP contribution in [0.5, 0.6) is 5.75 Å². The topological polar surface area (TPSA) is 73.5 Å². The van der Waals surface area contributed by atoms with Crippen molar-refractivity contribution in [2.75, 3.05) is 46.8 Å². The van der Waals surface area contributed by atoms with Crippen LogP contribution in [0.2, 0.25) is 0 Å². The molecule has 0 aliphatic carbocycles. The molecule has 1 unspecified atom stereocenters. The van der Waals surface area contributed by atoms with Gasteiger partial charge in [-0.1, -0.05) is 12.1 Å². The van der Waals surface area contributed by atoms with Gasteiger partial charge < -0.3 is 26.4 Å². The van der Waals surface area contributed by atoms with Gasteiger partial charge in [-0.3, -0.25) is 0 Å². The summed E-state index contributed by atoms with van der Waals surface area (Å²) in [4.78, 5) is 2.15. The largest absolute Gasteiger partial charge is 0.508 e. The number of phenols is 1. The van der Waals surface area contributed by atoms with Crippen molar-refractivity contribution in [3.05, 3.63) is 29.8 Å². The fourth-order valence-electron chi connectivity index (χ4n) is 1.92. The van der Waals surface area contributed by atoms with E-state index in [1.54, 1.807) is 12.1 Å². The lowest BCUT2D eigenvalue weighted by Gasteiger charge is -2.23. The van der Waals surface area contributed by atoms with Crippen LogP contribution in [0.15, 0.2) is 24.3 Å². The van der Waals surface area contributed by atoms with Crippen LogP contribution in [-0.4, -0.2) is 56.8 Å². The number of aromatic hydroxyl groups is 1. The molecule has 5 N–H and O–H groups in total. The Morgan fingerprint density at radius 2 is 1.84 bits per heavy atom. The van der Waals surface area contributed by atoms with E-state index in [9.17, 15) is 5.11 Å². The smallest absolute Gasteiger partial charge is 0.115 e. The zero-order valence-electron chi connectivity index (χ0n) is 11.9. The highest BCUT2D eigenvalue weighted by Crippen LogP contribution is 2.17. The van der Waals surface area contributed by atoms with E-state index >= 15 is 0 Å². The molecule has 1 aromatic carbocycles. The Balaban J connectivity index is 2.49. The second-order valence-corrected chi connectivity index (χ2v) is 4.90. The van der Waals surface area contributed by atoms with Crippen molar-refractivity contribution >= 4 is 0 Å².